The molecular formula is C16H21N7O2. The summed E-state index contributed by atoms with van der Waals surface area (Å²) in [5.41, 5.74) is 0.373. The fourth-order valence-corrected chi connectivity index (χ4v) is 3.42. The van der Waals surface area contributed by atoms with Crippen molar-refractivity contribution in [1.29, 1.82) is 0 Å². The standard InChI is InChI=1S/C16H21N7O2/c1-25-15-8-14(17-10-18-15)23(11-2-3-11)12-4-6-22(7-5-12)16(24)13-9-19-21-20-13/h8-12H,2-7H2,1H3,(H,19,20,21). The number of carbonyl (C=O) groups excluding carboxylic acids is 1. The zero-order valence-electron chi connectivity index (χ0n) is 14.1. The number of rotatable bonds is 5. The van der Waals surface area contributed by atoms with Crippen molar-refractivity contribution in [3.63, 3.8) is 0 Å². The van der Waals surface area contributed by atoms with Gasteiger partial charge in [0.05, 0.1) is 13.3 Å². The number of ether oxygens (including phenoxy) is 1. The molecule has 0 spiro atoms. The highest BCUT2D eigenvalue weighted by atomic mass is 16.5. The van der Waals surface area contributed by atoms with Crippen molar-refractivity contribution in [3.8, 4) is 5.88 Å². The molecule has 0 radical (unpaired) electrons. The molecule has 0 unspecified atom stereocenters. The van der Waals surface area contributed by atoms with Gasteiger partial charge < -0.3 is 14.5 Å². The van der Waals surface area contributed by atoms with Crippen molar-refractivity contribution >= 4 is 11.7 Å². The molecule has 4 rings (SSSR count). The molecule has 2 fully saturated rings. The van der Waals surface area contributed by atoms with Gasteiger partial charge in [0.25, 0.3) is 5.91 Å². The monoisotopic (exact) mass is 343 g/mol. The molecule has 132 valence electrons. The lowest BCUT2D eigenvalue weighted by atomic mass is 10.0. The maximum Gasteiger partial charge on any atom is 0.276 e. The van der Waals surface area contributed by atoms with Crippen molar-refractivity contribution in [2.45, 2.75) is 37.8 Å². The number of anilines is 1. The quantitative estimate of drug-likeness (QED) is 0.860. The zero-order chi connectivity index (χ0) is 17.2. The number of amides is 1. The maximum absolute atomic E-state index is 12.4. The molecule has 25 heavy (non-hydrogen) atoms. The highest BCUT2D eigenvalue weighted by molar-refractivity contribution is 5.91. The Labute approximate surface area is 145 Å². The molecule has 0 bridgehead atoms. The highest BCUT2D eigenvalue weighted by Gasteiger charge is 2.37. The Morgan fingerprint density at radius 2 is 2.00 bits per heavy atom. The van der Waals surface area contributed by atoms with Crippen LogP contribution in [0.5, 0.6) is 5.88 Å². The normalized spacial score (nSPS) is 18.2. The first-order valence-corrected chi connectivity index (χ1v) is 8.55. The molecule has 9 nitrogen and oxygen atoms in total. The van der Waals surface area contributed by atoms with E-state index in [4.69, 9.17) is 4.74 Å². The van der Waals surface area contributed by atoms with Crippen LogP contribution in [0.3, 0.4) is 0 Å². The number of carbonyl (C=O) groups is 1. The summed E-state index contributed by atoms with van der Waals surface area (Å²) < 4.78 is 5.24. The molecule has 1 saturated carbocycles. The van der Waals surface area contributed by atoms with Crippen LogP contribution in [0.1, 0.15) is 36.2 Å². The Bertz CT molecular complexity index is 724. The number of hydrogen-bond donors (Lipinski definition) is 1. The predicted octanol–water partition coefficient (Wildman–Crippen LogP) is 0.877. The minimum absolute atomic E-state index is 0.0612. The summed E-state index contributed by atoms with van der Waals surface area (Å²) in [5.74, 6) is 1.43. The predicted molar refractivity (Wildman–Crippen MR) is 89.4 cm³/mol. The number of aromatic nitrogens is 5. The van der Waals surface area contributed by atoms with Crippen LogP contribution in [0.25, 0.3) is 0 Å². The van der Waals surface area contributed by atoms with Crippen LogP contribution in [0.15, 0.2) is 18.6 Å². The summed E-state index contributed by atoms with van der Waals surface area (Å²) in [6.45, 7) is 1.42. The van der Waals surface area contributed by atoms with Crippen molar-refractivity contribution in [2.75, 3.05) is 25.1 Å². The second-order valence-electron chi connectivity index (χ2n) is 6.44. The summed E-state index contributed by atoms with van der Waals surface area (Å²) in [4.78, 5) is 25.2. The Balaban J connectivity index is 1.45. The molecule has 1 saturated heterocycles. The fraction of sp³-hybridized carbons (Fsp3) is 0.562. The van der Waals surface area contributed by atoms with Crippen LogP contribution in [-0.2, 0) is 0 Å². The first-order chi connectivity index (χ1) is 12.3. The van der Waals surface area contributed by atoms with Gasteiger partial charge in [-0.1, -0.05) is 0 Å². The van der Waals surface area contributed by atoms with Gasteiger partial charge in [0.15, 0.2) is 5.69 Å². The number of methoxy groups -OCH3 is 1. The number of H-pyrrole nitrogens is 1. The number of hydrogen-bond acceptors (Lipinski definition) is 7. The van der Waals surface area contributed by atoms with Crippen LogP contribution in [0, 0.1) is 0 Å². The van der Waals surface area contributed by atoms with Crippen molar-refractivity contribution in [1.82, 2.24) is 30.3 Å². The van der Waals surface area contributed by atoms with Crippen LogP contribution in [0.2, 0.25) is 0 Å². The Morgan fingerprint density at radius 1 is 1.24 bits per heavy atom. The van der Waals surface area contributed by atoms with Gasteiger partial charge >= 0.3 is 0 Å². The average molecular weight is 343 g/mol. The minimum atomic E-state index is -0.0612. The molecule has 0 aromatic carbocycles. The summed E-state index contributed by atoms with van der Waals surface area (Å²) in [6, 6.07) is 2.79. The lowest BCUT2D eigenvalue weighted by molar-refractivity contribution is 0.0706. The number of nitrogens with zero attached hydrogens (tertiary/aromatic N) is 6. The number of aromatic amines is 1. The summed E-state index contributed by atoms with van der Waals surface area (Å²) in [7, 11) is 1.61. The largest absolute Gasteiger partial charge is 0.481 e. The fourth-order valence-electron chi connectivity index (χ4n) is 3.42. The zero-order valence-corrected chi connectivity index (χ0v) is 14.1. The number of nitrogens with one attached hydrogen (secondary N) is 1. The Hall–Kier alpha value is -2.71. The minimum Gasteiger partial charge on any atom is -0.481 e. The first kappa shape index (κ1) is 15.8. The summed E-state index contributed by atoms with van der Waals surface area (Å²) >= 11 is 0. The van der Waals surface area contributed by atoms with Crippen LogP contribution < -0.4 is 9.64 Å². The SMILES string of the molecule is COc1cc(N(C2CC2)C2CCN(C(=O)c3cn[nH]n3)CC2)ncn1. The molecule has 1 N–H and O–H groups in total. The topological polar surface area (TPSA) is 100 Å². The summed E-state index contributed by atoms with van der Waals surface area (Å²) in [5, 5.41) is 10.1. The van der Waals surface area contributed by atoms with Gasteiger partial charge in [-0.2, -0.15) is 15.4 Å². The summed E-state index contributed by atoms with van der Waals surface area (Å²) in [6.07, 6.45) is 7.21. The van der Waals surface area contributed by atoms with Gasteiger partial charge in [0.2, 0.25) is 5.88 Å². The molecular weight excluding hydrogens is 322 g/mol. The highest BCUT2D eigenvalue weighted by Crippen LogP contribution is 2.36. The lowest BCUT2D eigenvalue weighted by Crippen LogP contribution is -2.48. The van der Waals surface area contributed by atoms with E-state index in [0.717, 1.165) is 18.7 Å². The van der Waals surface area contributed by atoms with Gasteiger partial charge in [0.1, 0.15) is 12.1 Å². The van der Waals surface area contributed by atoms with Gasteiger partial charge in [0, 0.05) is 31.2 Å². The van der Waals surface area contributed by atoms with Crippen LogP contribution in [-0.4, -0.2) is 68.5 Å². The molecule has 3 heterocycles. The number of likely N-dealkylation sites (tertiary alicyclic amines) is 1. The van der Waals surface area contributed by atoms with Crippen molar-refractivity contribution in [2.24, 2.45) is 0 Å². The maximum atomic E-state index is 12.4. The first-order valence-electron chi connectivity index (χ1n) is 8.55. The van der Waals surface area contributed by atoms with Crippen molar-refractivity contribution in [3.05, 3.63) is 24.3 Å². The molecule has 2 aromatic heterocycles. The van der Waals surface area contributed by atoms with Crippen molar-refractivity contribution < 1.29 is 9.53 Å². The van der Waals surface area contributed by atoms with E-state index in [-0.39, 0.29) is 5.91 Å². The average Bonchev–Trinajstić information content (AvgIpc) is 3.33. The Morgan fingerprint density at radius 3 is 2.64 bits per heavy atom. The third-order valence-corrected chi connectivity index (χ3v) is 4.82. The second-order valence-corrected chi connectivity index (χ2v) is 6.44. The third kappa shape index (κ3) is 3.26. The van der Waals surface area contributed by atoms with Gasteiger partial charge in [-0.05, 0) is 25.7 Å². The van der Waals surface area contributed by atoms with Crippen LogP contribution >= 0.6 is 0 Å². The molecule has 2 aliphatic rings. The Kier molecular flexibility index (Phi) is 4.21. The van der Waals surface area contributed by atoms with E-state index in [0.29, 0.717) is 36.7 Å². The van der Waals surface area contributed by atoms with E-state index in [2.05, 4.69) is 30.3 Å². The molecule has 2 aromatic rings. The smallest absolute Gasteiger partial charge is 0.276 e. The molecule has 1 aliphatic carbocycles. The molecule has 1 amide bonds. The van der Waals surface area contributed by atoms with E-state index >= 15 is 0 Å². The van der Waals surface area contributed by atoms with E-state index in [9.17, 15) is 4.79 Å². The van der Waals surface area contributed by atoms with E-state index in [1.54, 1.807) is 13.4 Å². The third-order valence-electron chi connectivity index (χ3n) is 4.82. The second kappa shape index (κ2) is 6.66. The number of piperidine rings is 1. The molecule has 1 aliphatic heterocycles. The lowest BCUT2D eigenvalue weighted by Gasteiger charge is -2.39. The molecule has 0 atom stereocenters. The van der Waals surface area contributed by atoms with E-state index < -0.39 is 0 Å². The molecule has 9 heteroatoms. The van der Waals surface area contributed by atoms with E-state index in [1.165, 1.54) is 19.0 Å². The van der Waals surface area contributed by atoms with Gasteiger partial charge in [-0.15, -0.1) is 0 Å². The van der Waals surface area contributed by atoms with E-state index in [1.807, 2.05) is 11.0 Å². The van der Waals surface area contributed by atoms with Gasteiger partial charge in [-0.3, -0.25) is 4.79 Å². The van der Waals surface area contributed by atoms with Gasteiger partial charge in [-0.25, -0.2) is 9.97 Å². The van der Waals surface area contributed by atoms with Crippen LogP contribution in [0.4, 0.5) is 5.82 Å².